The number of nitrogens with zero attached hydrogens (tertiary/aromatic N) is 1. The van der Waals surface area contributed by atoms with Gasteiger partial charge in [-0.25, -0.2) is 9.78 Å². The minimum absolute atomic E-state index is 0.161. The number of hydrogen-bond donors (Lipinski definition) is 1. The van der Waals surface area contributed by atoms with Gasteiger partial charge < -0.3 is 14.8 Å². The molecular formula is C16H16N2O4. The van der Waals surface area contributed by atoms with Crippen LogP contribution in [-0.4, -0.2) is 30.6 Å². The summed E-state index contributed by atoms with van der Waals surface area (Å²) in [6, 6.07) is 9.84. The molecule has 0 unspecified atom stereocenters. The molecule has 0 radical (unpaired) electrons. The molecule has 2 rings (SSSR count). The number of hydrogen-bond acceptors (Lipinski definition) is 5. The molecule has 0 aliphatic carbocycles. The van der Waals surface area contributed by atoms with Crippen LogP contribution in [0.1, 0.15) is 27.6 Å². The van der Waals surface area contributed by atoms with Gasteiger partial charge in [-0.05, 0) is 37.3 Å². The van der Waals surface area contributed by atoms with Crippen LogP contribution in [0.15, 0.2) is 42.6 Å². The summed E-state index contributed by atoms with van der Waals surface area (Å²) in [7, 11) is 1.52. The van der Waals surface area contributed by atoms with Crippen molar-refractivity contribution >= 4 is 17.7 Å². The lowest BCUT2D eigenvalue weighted by Crippen LogP contribution is -2.17. The van der Waals surface area contributed by atoms with Crippen LogP contribution in [0.25, 0.3) is 0 Å². The van der Waals surface area contributed by atoms with Crippen molar-refractivity contribution in [3.63, 3.8) is 0 Å². The molecule has 0 spiro atoms. The second-order valence-electron chi connectivity index (χ2n) is 4.31. The number of rotatable bonds is 5. The molecule has 0 bridgehead atoms. The maximum atomic E-state index is 12.3. The normalized spacial score (nSPS) is 9.91. The summed E-state index contributed by atoms with van der Waals surface area (Å²) < 4.78 is 10.0. The van der Waals surface area contributed by atoms with E-state index >= 15 is 0 Å². The molecule has 114 valence electrons. The summed E-state index contributed by atoms with van der Waals surface area (Å²) in [6.45, 7) is 1.96. The average molecular weight is 300 g/mol. The van der Waals surface area contributed by atoms with E-state index in [1.165, 1.54) is 13.3 Å². The summed E-state index contributed by atoms with van der Waals surface area (Å²) >= 11 is 0. The van der Waals surface area contributed by atoms with Gasteiger partial charge >= 0.3 is 5.97 Å². The van der Waals surface area contributed by atoms with Crippen molar-refractivity contribution in [3.05, 3.63) is 53.7 Å². The zero-order valence-corrected chi connectivity index (χ0v) is 12.3. The van der Waals surface area contributed by atoms with E-state index in [9.17, 15) is 9.59 Å². The molecule has 2 aromatic rings. The molecule has 1 aromatic carbocycles. The number of carbonyl (C=O) groups is 2. The number of carbonyl (C=O) groups excluding carboxylic acids is 2. The molecule has 0 atom stereocenters. The Morgan fingerprint density at radius 2 is 2.05 bits per heavy atom. The Balaban J connectivity index is 2.23. The van der Waals surface area contributed by atoms with Gasteiger partial charge in [0.15, 0.2) is 0 Å². The molecule has 1 aromatic heterocycles. The lowest BCUT2D eigenvalue weighted by molar-refractivity contribution is 0.0527. The van der Waals surface area contributed by atoms with Gasteiger partial charge in [0.25, 0.3) is 5.91 Å². The smallest absolute Gasteiger partial charge is 0.341 e. The fourth-order valence-electron chi connectivity index (χ4n) is 1.82. The predicted octanol–water partition coefficient (Wildman–Crippen LogP) is 2.52. The molecule has 6 nitrogen and oxygen atoms in total. The Morgan fingerprint density at radius 1 is 1.23 bits per heavy atom. The van der Waals surface area contributed by atoms with Crippen molar-refractivity contribution in [2.75, 3.05) is 19.0 Å². The number of esters is 1. The summed E-state index contributed by atoms with van der Waals surface area (Å²) in [6.07, 6.45) is 1.49. The summed E-state index contributed by atoms with van der Waals surface area (Å²) in [5.41, 5.74) is 0.611. The molecule has 1 heterocycles. The van der Waals surface area contributed by atoms with E-state index in [2.05, 4.69) is 10.3 Å². The van der Waals surface area contributed by atoms with Gasteiger partial charge in [-0.15, -0.1) is 0 Å². The quantitative estimate of drug-likeness (QED) is 0.858. The minimum Gasteiger partial charge on any atom is -0.497 e. The van der Waals surface area contributed by atoms with Crippen molar-refractivity contribution in [2.24, 2.45) is 0 Å². The zero-order chi connectivity index (χ0) is 15.9. The molecular weight excluding hydrogens is 284 g/mol. The van der Waals surface area contributed by atoms with E-state index in [0.29, 0.717) is 11.3 Å². The summed E-state index contributed by atoms with van der Waals surface area (Å²) in [5.74, 6) is -0.187. The highest BCUT2D eigenvalue weighted by molar-refractivity contribution is 6.07. The molecule has 1 N–H and O–H groups in total. The monoisotopic (exact) mass is 300 g/mol. The molecule has 1 amide bonds. The van der Waals surface area contributed by atoms with Crippen molar-refractivity contribution in [1.82, 2.24) is 4.98 Å². The van der Waals surface area contributed by atoms with Crippen LogP contribution < -0.4 is 10.1 Å². The number of amides is 1. The Bertz CT molecular complexity index is 685. The topological polar surface area (TPSA) is 77.5 Å². The van der Waals surface area contributed by atoms with Crippen molar-refractivity contribution in [1.29, 1.82) is 0 Å². The number of pyridine rings is 1. The first-order valence-corrected chi connectivity index (χ1v) is 6.73. The number of ether oxygens (including phenoxy) is 2. The van der Waals surface area contributed by atoms with Crippen LogP contribution in [0.2, 0.25) is 0 Å². The summed E-state index contributed by atoms with van der Waals surface area (Å²) in [5, 5.41) is 2.61. The van der Waals surface area contributed by atoms with Crippen LogP contribution in [-0.2, 0) is 4.74 Å². The highest BCUT2D eigenvalue weighted by Crippen LogP contribution is 2.17. The molecule has 22 heavy (non-hydrogen) atoms. The van der Waals surface area contributed by atoms with Crippen LogP contribution in [0, 0.1) is 0 Å². The zero-order valence-electron chi connectivity index (χ0n) is 12.3. The van der Waals surface area contributed by atoms with E-state index in [-0.39, 0.29) is 23.9 Å². The Labute approximate surface area is 128 Å². The lowest BCUT2D eigenvalue weighted by Gasteiger charge is -2.09. The van der Waals surface area contributed by atoms with Crippen LogP contribution in [0.3, 0.4) is 0 Å². The Hall–Kier alpha value is -2.89. The van der Waals surface area contributed by atoms with Gasteiger partial charge in [-0.3, -0.25) is 4.79 Å². The standard InChI is InChI=1S/C16H16N2O4/c1-3-22-16(20)13-8-5-9-17-14(13)18-15(19)11-6-4-7-12(10-11)21-2/h4-10H,3H2,1-2H3,(H,17,18,19). The number of benzene rings is 1. The van der Waals surface area contributed by atoms with Gasteiger partial charge in [-0.2, -0.15) is 0 Å². The van der Waals surface area contributed by atoms with Gasteiger partial charge in [0.1, 0.15) is 17.1 Å². The maximum absolute atomic E-state index is 12.3. The molecule has 6 heteroatoms. The third-order valence-corrected chi connectivity index (χ3v) is 2.87. The first-order valence-electron chi connectivity index (χ1n) is 6.73. The van der Waals surface area contributed by atoms with E-state index in [1.54, 1.807) is 43.3 Å². The van der Waals surface area contributed by atoms with Crippen LogP contribution in [0.4, 0.5) is 5.82 Å². The van der Waals surface area contributed by atoms with Crippen LogP contribution in [0.5, 0.6) is 5.75 Å². The average Bonchev–Trinajstić information content (AvgIpc) is 2.55. The van der Waals surface area contributed by atoms with Crippen LogP contribution >= 0.6 is 0 Å². The highest BCUT2D eigenvalue weighted by Gasteiger charge is 2.16. The molecule has 0 saturated carbocycles. The first-order chi connectivity index (χ1) is 10.7. The number of aromatic nitrogens is 1. The fraction of sp³-hybridized carbons (Fsp3) is 0.188. The number of anilines is 1. The largest absolute Gasteiger partial charge is 0.497 e. The van der Waals surface area contributed by atoms with E-state index in [0.717, 1.165) is 0 Å². The summed E-state index contributed by atoms with van der Waals surface area (Å²) in [4.78, 5) is 28.1. The van der Waals surface area contributed by atoms with E-state index in [4.69, 9.17) is 9.47 Å². The molecule has 0 aliphatic rings. The fourth-order valence-corrected chi connectivity index (χ4v) is 1.82. The minimum atomic E-state index is -0.531. The predicted molar refractivity (Wildman–Crippen MR) is 81.1 cm³/mol. The number of methoxy groups -OCH3 is 1. The van der Waals surface area contributed by atoms with E-state index in [1.807, 2.05) is 0 Å². The number of nitrogens with one attached hydrogen (secondary N) is 1. The van der Waals surface area contributed by atoms with Gasteiger partial charge in [0.05, 0.1) is 13.7 Å². The maximum Gasteiger partial charge on any atom is 0.341 e. The lowest BCUT2D eigenvalue weighted by atomic mass is 10.2. The Kier molecular flexibility index (Phi) is 5.08. The third kappa shape index (κ3) is 3.60. The Morgan fingerprint density at radius 3 is 2.77 bits per heavy atom. The highest BCUT2D eigenvalue weighted by atomic mass is 16.5. The second-order valence-corrected chi connectivity index (χ2v) is 4.31. The van der Waals surface area contributed by atoms with Crippen molar-refractivity contribution < 1.29 is 19.1 Å². The third-order valence-electron chi connectivity index (χ3n) is 2.87. The van der Waals surface area contributed by atoms with Gasteiger partial charge in [0, 0.05) is 11.8 Å². The van der Waals surface area contributed by atoms with E-state index < -0.39 is 5.97 Å². The van der Waals surface area contributed by atoms with Crippen molar-refractivity contribution in [2.45, 2.75) is 6.92 Å². The van der Waals surface area contributed by atoms with Gasteiger partial charge in [-0.1, -0.05) is 6.07 Å². The molecule has 0 saturated heterocycles. The second kappa shape index (κ2) is 7.21. The SMILES string of the molecule is CCOC(=O)c1cccnc1NC(=O)c1cccc(OC)c1. The van der Waals surface area contributed by atoms with Crippen molar-refractivity contribution in [3.8, 4) is 5.75 Å². The first kappa shape index (κ1) is 15.5. The molecule has 0 aliphatic heterocycles. The molecule has 0 fully saturated rings. The van der Waals surface area contributed by atoms with Gasteiger partial charge in [0.2, 0.25) is 0 Å².